The number of para-hydroxylation sites is 1. The number of aromatic nitrogens is 2. The molecule has 11 heteroatoms. The number of anilines is 2. The van der Waals surface area contributed by atoms with E-state index in [0.29, 0.717) is 53.3 Å². The molecule has 1 aliphatic heterocycles. The number of fused-ring (bicyclic) bond motifs is 1. The Morgan fingerprint density at radius 2 is 1.75 bits per heavy atom. The smallest absolute Gasteiger partial charge is 0.295 e. The van der Waals surface area contributed by atoms with E-state index in [-0.39, 0.29) is 29.3 Å². The molecular formula is C33H35F2N5O3S. The normalized spacial score (nSPS) is 16.6. The summed E-state index contributed by atoms with van der Waals surface area (Å²) in [5.74, 6) is -2.00. The molecule has 2 aromatic heterocycles. The lowest BCUT2D eigenvalue weighted by Gasteiger charge is -2.25. The average Bonchev–Trinajstić information content (AvgIpc) is 3.67. The lowest BCUT2D eigenvalue weighted by Crippen LogP contribution is -2.34. The van der Waals surface area contributed by atoms with Crippen LogP contribution in [0.1, 0.15) is 69.3 Å². The highest BCUT2D eigenvalue weighted by Gasteiger charge is 2.33. The molecule has 0 bridgehead atoms. The van der Waals surface area contributed by atoms with E-state index in [4.69, 9.17) is 0 Å². The van der Waals surface area contributed by atoms with E-state index in [9.17, 15) is 23.2 Å². The largest absolute Gasteiger partial charge is 0.316 e. The van der Waals surface area contributed by atoms with Gasteiger partial charge in [-0.15, -0.1) is 11.3 Å². The maximum absolute atomic E-state index is 15.0. The molecule has 6 rings (SSSR count). The third-order valence-corrected chi connectivity index (χ3v) is 10.0. The maximum Gasteiger partial charge on any atom is 0.295 e. The van der Waals surface area contributed by atoms with Gasteiger partial charge in [-0.2, -0.15) is 0 Å². The molecule has 2 aliphatic rings. The molecule has 1 aliphatic carbocycles. The highest BCUT2D eigenvalue weighted by atomic mass is 32.1. The monoisotopic (exact) mass is 619 g/mol. The number of rotatable bonds is 7. The van der Waals surface area contributed by atoms with Gasteiger partial charge in [0.1, 0.15) is 22.3 Å². The summed E-state index contributed by atoms with van der Waals surface area (Å²) in [6, 6.07) is 11.3. The van der Waals surface area contributed by atoms with Crippen LogP contribution in [0, 0.1) is 25.5 Å². The van der Waals surface area contributed by atoms with Crippen LogP contribution in [0.3, 0.4) is 0 Å². The number of nitrogens with zero attached hydrogens (tertiary/aromatic N) is 3. The molecule has 1 fully saturated rings. The minimum atomic E-state index is -0.613. The minimum absolute atomic E-state index is 0.00124. The zero-order valence-corrected chi connectivity index (χ0v) is 25.8. The molecule has 0 radical (unpaired) electrons. The number of likely N-dealkylation sites (tertiary alicyclic amines) is 1. The molecule has 230 valence electrons. The number of carbonyl (C=O) groups is 2. The van der Waals surface area contributed by atoms with Crippen molar-refractivity contribution < 1.29 is 18.4 Å². The second-order valence-electron chi connectivity index (χ2n) is 11.6. The van der Waals surface area contributed by atoms with E-state index in [1.54, 1.807) is 30.5 Å². The fraction of sp³-hybridized carbons (Fsp3) is 0.364. The highest BCUT2D eigenvalue weighted by molar-refractivity contribution is 7.17. The van der Waals surface area contributed by atoms with Gasteiger partial charge in [0.15, 0.2) is 0 Å². The van der Waals surface area contributed by atoms with E-state index in [2.05, 4.69) is 10.6 Å². The van der Waals surface area contributed by atoms with E-state index in [1.807, 2.05) is 30.3 Å². The van der Waals surface area contributed by atoms with Gasteiger partial charge in [-0.25, -0.2) is 13.5 Å². The fourth-order valence-electron chi connectivity index (χ4n) is 6.46. The zero-order chi connectivity index (χ0) is 31.1. The molecule has 2 amide bonds. The standard InChI is InChI=1S/C33H35F2N5O3S/c1-19-15-16-23(34)28(29(19)35)24-13-9-17-39(24)18-26(41)36-32-27(22-12-7-8-14-25(22)44-32)31(42)37-30-20(2)38(3)40(33(30)43)21-10-5-4-6-11-21/h4-6,10-11,15-16,24H,7-9,12-14,17-18H2,1-3H3,(H,36,41)(H,37,42). The van der Waals surface area contributed by atoms with Crippen LogP contribution in [-0.4, -0.2) is 39.2 Å². The number of aryl methyl sites for hydroxylation is 2. The van der Waals surface area contributed by atoms with Gasteiger partial charge in [-0.3, -0.25) is 24.0 Å². The lowest BCUT2D eigenvalue weighted by molar-refractivity contribution is -0.117. The number of amides is 2. The third-order valence-electron chi connectivity index (χ3n) is 8.81. The maximum atomic E-state index is 15.0. The first-order valence-corrected chi connectivity index (χ1v) is 15.8. The molecular weight excluding hydrogens is 584 g/mol. The SMILES string of the molecule is Cc1ccc(F)c(C2CCCN2CC(=O)Nc2sc3c(c2C(=O)Nc2c(C)n(C)n(-c4ccccc4)c2=O)CCCC3)c1F. The Labute approximate surface area is 258 Å². The van der Waals surface area contributed by atoms with Gasteiger partial charge >= 0.3 is 0 Å². The summed E-state index contributed by atoms with van der Waals surface area (Å²) in [5, 5.41) is 6.24. The first-order valence-electron chi connectivity index (χ1n) is 14.9. The Morgan fingerprint density at radius 3 is 2.52 bits per heavy atom. The first-order chi connectivity index (χ1) is 21.2. The van der Waals surface area contributed by atoms with Crippen molar-refractivity contribution in [2.75, 3.05) is 23.7 Å². The minimum Gasteiger partial charge on any atom is -0.316 e. The van der Waals surface area contributed by atoms with E-state index in [1.165, 1.54) is 28.2 Å². The predicted octanol–water partition coefficient (Wildman–Crippen LogP) is 6.04. The fourth-order valence-corrected chi connectivity index (χ4v) is 7.76. The predicted molar refractivity (Wildman–Crippen MR) is 168 cm³/mol. The Hall–Kier alpha value is -4.09. The molecule has 44 heavy (non-hydrogen) atoms. The second kappa shape index (κ2) is 12.1. The number of nitrogens with one attached hydrogen (secondary N) is 2. The van der Waals surface area contributed by atoms with Crippen molar-refractivity contribution >= 4 is 33.8 Å². The number of hydrogen-bond donors (Lipinski definition) is 2. The number of halogens is 2. The Bertz CT molecular complexity index is 1810. The van der Waals surface area contributed by atoms with Crippen LogP contribution in [0.15, 0.2) is 47.3 Å². The summed E-state index contributed by atoms with van der Waals surface area (Å²) in [4.78, 5) is 43.6. The van der Waals surface area contributed by atoms with E-state index >= 15 is 0 Å². The van der Waals surface area contributed by atoms with Crippen molar-refractivity contribution in [1.29, 1.82) is 0 Å². The van der Waals surface area contributed by atoms with Gasteiger partial charge in [-0.1, -0.05) is 24.3 Å². The summed E-state index contributed by atoms with van der Waals surface area (Å²) in [5.41, 5.74) is 2.73. The van der Waals surface area contributed by atoms with Crippen molar-refractivity contribution in [1.82, 2.24) is 14.3 Å². The molecule has 1 unspecified atom stereocenters. The number of benzene rings is 2. The molecule has 0 spiro atoms. The van der Waals surface area contributed by atoms with Crippen molar-refractivity contribution in [2.24, 2.45) is 7.05 Å². The third kappa shape index (κ3) is 5.39. The van der Waals surface area contributed by atoms with Crippen LogP contribution in [0.25, 0.3) is 5.69 Å². The molecule has 8 nitrogen and oxygen atoms in total. The Morgan fingerprint density at radius 1 is 1.00 bits per heavy atom. The van der Waals surface area contributed by atoms with Gasteiger partial charge in [0.25, 0.3) is 11.5 Å². The van der Waals surface area contributed by atoms with Crippen molar-refractivity contribution in [2.45, 2.75) is 58.4 Å². The summed E-state index contributed by atoms with van der Waals surface area (Å²) >= 11 is 1.38. The van der Waals surface area contributed by atoms with Gasteiger partial charge in [0, 0.05) is 23.5 Å². The van der Waals surface area contributed by atoms with Gasteiger partial charge in [-0.05, 0) is 88.2 Å². The van der Waals surface area contributed by atoms with Crippen LogP contribution in [0.5, 0.6) is 0 Å². The van der Waals surface area contributed by atoms with Crippen LogP contribution in [-0.2, 0) is 24.7 Å². The number of hydrogen-bond acceptors (Lipinski definition) is 5. The lowest BCUT2D eigenvalue weighted by atomic mass is 9.95. The molecule has 0 saturated carbocycles. The van der Waals surface area contributed by atoms with E-state index in [0.717, 1.165) is 29.7 Å². The zero-order valence-electron chi connectivity index (χ0n) is 25.0. The Kier molecular flexibility index (Phi) is 8.26. The van der Waals surface area contributed by atoms with Crippen molar-refractivity contribution in [3.05, 3.63) is 97.3 Å². The highest BCUT2D eigenvalue weighted by Crippen LogP contribution is 2.39. The number of carbonyl (C=O) groups excluding carboxylic acids is 2. The van der Waals surface area contributed by atoms with Crippen LogP contribution < -0.4 is 16.2 Å². The molecule has 3 heterocycles. The topological polar surface area (TPSA) is 88.4 Å². The molecule has 2 aromatic carbocycles. The van der Waals surface area contributed by atoms with Crippen molar-refractivity contribution in [3.63, 3.8) is 0 Å². The van der Waals surface area contributed by atoms with Gasteiger partial charge in [0.05, 0.1) is 23.5 Å². The quantitative estimate of drug-likeness (QED) is 0.264. The summed E-state index contributed by atoms with van der Waals surface area (Å²) in [6.07, 6.45) is 4.68. The average molecular weight is 620 g/mol. The van der Waals surface area contributed by atoms with Gasteiger partial charge in [0.2, 0.25) is 5.91 Å². The molecule has 4 aromatic rings. The summed E-state index contributed by atoms with van der Waals surface area (Å²) in [6.45, 7) is 3.83. The van der Waals surface area contributed by atoms with Crippen LogP contribution in [0.2, 0.25) is 0 Å². The first kappa shape index (κ1) is 30.0. The molecule has 1 saturated heterocycles. The second-order valence-corrected chi connectivity index (χ2v) is 12.7. The molecule has 2 N–H and O–H groups in total. The number of thiophene rings is 1. The van der Waals surface area contributed by atoms with Crippen LogP contribution in [0.4, 0.5) is 19.5 Å². The van der Waals surface area contributed by atoms with Crippen LogP contribution >= 0.6 is 11.3 Å². The van der Waals surface area contributed by atoms with E-state index < -0.39 is 23.6 Å². The Balaban J connectivity index is 1.26. The van der Waals surface area contributed by atoms with Gasteiger partial charge < -0.3 is 10.6 Å². The molecule has 1 atom stereocenters. The summed E-state index contributed by atoms with van der Waals surface area (Å²) < 4.78 is 32.9. The summed E-state index contributed by atoms with van der Waals surface area (Å²) in [7, 11) is 1.76. The van der Waals surface area contributed by atoms with Crippen molar-refractivity contribution in [3.8, 4) is 5.69 Å².